The minimum Gasteiger partial charge on any atom is -0.378 e. The van der Waals surface area contributed by atoms with E-state index in [-0.39, 0.29) is 5.91 Å². The Balaban J connectivity index is 1.65. The van der Waals surface area contributed by atoms with Crippen molar-refractivity contribution in [1.82, 2.24) is 15.7 Å². The molecule has 1 heterocycles. The van der Waals surface area contributed by atoms with Crippen LogP contribution < -0.4 is 10.3 Å². The van der Waals surface area contributed by atoms with Gasteiger partial charge in [0.25, 0.3) is 5.91 Å². The number of hydrogen-bond acceptors (Lipinski definition) is 6. The summed E-state index contributed by atoms with van der Waals surface area (Å²) in [6.45, 7) is 0. The van der Waals surface area contributed by atoms with Crippen LogP contribution in [-0.4, -0.2) is 36.5 Å². The maximum Gasteiger partial charge on any atom is 0.271 e. The highest BCUT2D eigenvalue weighted by Crippen LogP contribution is 2.12. The van der Waals surface area contributed by atoms with Crippen molar-refractivity contribution in [2.24, 2.45) is 5.10 Å². The van der Waals surface area contributed by atoms with Gasteiger partial charge in [0.05, 0.1) is 6.21 Å². The van der Waals surface area contributed by atoms with Gasteiger partial charge in [0.15, 0.2) is 0 Å². The van der Waals surface area contributed by atoms with E-state index in [0.717, 1.165) is 11.3 Å². The van der Waals surface area contributed by atoms with Crippen LogP contribution in [0.15, 0.2) is 52.2 Å². The second-order valence-electron chi connectivity index (χ2n) is 5.15. The molecule has 0 aliphatic rings. The fourth-order valence-electron chi connectivity index (χ4n) is 2.01. The number of fused-ring (bicyclic) bond motifs is 1. The lowest BCUT2D eigenvalue weighted by Gasteiger charge is -2.11. The van der Waals surface area contributed by atoms with Crippen molar-refractivity contribution in [2.45, 2.75) is 0 Å². The van der Waals surface area contributed by atoms with E-state index in [1.54, 1.807) is 24.4 Å². The highest BCUT2D eigenvalue weighted by Gasteiger charge is 2.07. The first-order valence-electron chi connectivity index (χ1n) is 6.96. The van der Waals surface area contributed by atoms with Crippen molar-refractivity contribution >= 4 is 28.8 Å². The number of anilines is 1. The van der Waals surface area contributed by atoms with Crippen LogP contribution in [-0.2, 0) is 0 Å². The van der Waals surface area contributed by atoms with Gasteiger partial charge >= 0.3 is 0 Å². The third kappa shape index (κ3) is 3.34. The predicted octanol–water partition coefficient (Wildman–Crippen LogP) is 2.05. The van der Waals surface area contributed by atoms with E-state index in [9.17, 15) is 4.79 Å². The van der Waals surface area contributed by atoms with Crippen molar-refractivity contribution in [3.8, 4) is 0 Å². The highest BCUT2D eigenvalue weighted by atomic mass is 16.6. The number of hydrogen-bond donors (Lipinski definition) is 1. The maximum absolute atomic E-state index is 12.0. The van der Waals surface area contributed by atoms with E-state index < -0.39 is 0 Å². The molecule has 0 bridgehead atoms. The first-order valence-corrected chi connectivity index (χ1v) is 6.96. The molecule has 0 unspecified atom stereocenters. The molecule has 7 heteroatoms. The lowest BCUT2D eigenvalue weighted by Crippen LogP contribution is -2.17. The summed E-state index contributed by atoms with van der Waals surface area (Å²) in [4.78, 5) is 14.0. The molecule has 0 fully saturated rings. The molecule has 0 saturated heterocycles. The molecular weight excluding hydrogens is 294 g/mol. The van der Waals surface area contributed by atoms with Crippen LogP contribution in [0.1, 0.15) is 15.9 Å². The Morgan fingerprint density at radius 1 is 1.13 bits per heavy atom. The molecule has 1 N–H and O–H groups in total. The van der Waals surface area contributed by atoms with E-state index in [4.69, 9.17) is 0 Å². The number of nitrogens with one attached hydrogen (secondary N) is 1. The van der Waals surface area contributed by atoms with E-state index in [1.807, 2.05) is 43.3 Å². The largest absolute Gasteiger partial charge is 0.378 e. The Bertz CT molecular complexity index is 852. The molecule has 7 nitrogen and oxygen atoms in total. The number of carbonyl (C=O) groups excluding carboxylic acids is 1. The Labute approximate surface area is 132 Å². The molecule has 0 aliphatic carbocycles. The van der Waals surface area contributed by atoms with Crippen molar-refractivity contribution in [3.63, 3.8) is 0 Å². The van der Waals surface area contributed by atoms with Gasteiger partial charge < -0.3 is 4.90 Å². The van der Waals surface area contributed by atoms with Gasteiger partial charge in [0.2, 0.25) is 0 Å². The Hall–Kier alpha value is -3.22. The van der Waals surface area contributed by atoms with Gasteiger partial charge in [-0.1, -0.05) is 12.1 Å². The van der Waals surface area contributed by atoms with Crippen molar-refractivity contribution in [1.29, 1.82) is 0 Å². The number of amides is 1. The molecule has 0 atom stereocenters. The topological polar surface area (TPSA) is 83.6 Å². The third-order valence-electron chi connectivity index (χ3n) is 3.31. The lowest BCUT2D eigenvalue weighted by atomic mass is 10.2. The fraction of sp³-hybridized carbons (Fsp3) is 0.125. The zero-order valence-electron chi connectivity index (χ0n) is 12.7. The van der Waals surface area contributed by atoms with Crippen LogP contribution in [0.4, 0.5) is 5.69 Å². The number of aromatic nitrogens is 2. The first-order chi connectivity index (χ1) is 11.1. The quantitative estimate of drug-likeness (QED) is 0.589. The molecule has 0 aliphatic heterocycles. The summed E-state index contributed by atoms with van der Waals surface area (Å²) in [5, 5.41) is 11.4. The summed E-state index contributed by atoms with van der Waals surface area (Å²) in [6, 6.07) is 12.7. The second kappa shape index (κ2) is 6.27. The SMILES string of the molecule is CN(C)c1ccc(/C=N/NC(=O)c2ccc3nonc3c2)cc1. The molecule has 23 heavy (non-hydrogen) atoms. The molecule has 0 spiro atoms. The van der Waals surface area contributed by atoms with Gasteiger partial charge in [-0.2, -0.15) is 5.10 Å². The molecule has 116 valence electrons. The molecular formula is C16H15N5O2. The van der Waals surface area contributed by atoms with E-state index in [1.165, 1.54) is 0 Å². The summed E-state index contributed by atoms with van der Waals surface area (Å²) in [5.41, 5.74) is 6.05. The van der Waals surface area contributed by atoms with Crippen molar-refractivity contribution in [2.75, 3.05) is 19.0 Å². The molecule has 3 rings (SSSR count). The van der Waals surface area contributed by atoms with E-state index >= 15 is 0 Å². The fourth-order valence-corrected chi connectivity index (χ4v) is 2.01. The minimum atomic E-state index is -0.323. The third-order valence-corrected chi connectivity index (χ3v) is 3.31. The monoisotopic (exact) mass is 309 g/mol. The zero-order valence-corrected chi connectivity index (χ0v) is 12.7. The highest BCUT2D eigenvalue weighted by molar-refractivity contribution is 5.97. The maximum atomic E-state index is 12.0. The van der Waals surface area contributed by atoms with E-state index in [2.05, 4.69) is 25.5 Å². The van der Waals surface area contributed by atoms with Gasteiger partial charge in [0, 0.05) is 25.3 Å². The van der Waals surface area contributed by atoms with Crippen LogP contribution in [0.3, 0.4) is 0 Å². The number of carbonyl (C=O) groups is 1. The van der Waals surface area contributed by atoms with Crippen molar-refractivity contribution < 1.29 is 9.42 Å². The molecule has 2 aromatic carbocycles. The van der Waals surface area contributed by atoms with Gasteiger partial charge in [-0.05, 0) is 46.2 Å². The van der Waals surface area contributed by atoms with Gasteiger partial charge in [-0.3, -0.25) is 4.79 Å². The molecule has 1 amide bonds. The Kier molecular flexibility index (Phi) is 4.01. The predicted molar refractivity (Wildman–Crippen MR) is 87.6 cm³/mol. The second-order valence-corrected chi connectivity index (χ2v) is 5.15. The summed E-state index contributed by atoms with van der Waals surface area (Å²) in [7, 11) is 3.95. The van der Waals surface area contributed by atoms with Crippen molar-refractivity contribution in [3.05, 3.63) is 53.6 Å². The van der Waals surface area contributed by atoms with Crippen LogP contribution in [0.25, 0.3) is 11.0 Å². The normalized spacial score (nSPS) is 11.0. The number of nitrogens with zero attached hydrogens (tertiary/aromatic N) is 4. The molecule has 1 aromatic heterocycles. The van der Waals surface area contributed by atoms with Crippen LogP contribution in [0.2, 0.25) is 0 Å². The van der Waals surface area contributed by atoms with E-state index in [0.29, 0.717) is 16.6 Å². The molecule has 3 aromatic rings. The average Bonchev–Trinajstić information content (AvgIpc) is 3.02. The molecule has 0 radical (unpaired) electrons. The van der Waals surface area contributed by atoms with Crippen LogP contribution in [0, 0.1) is 0 Å². The standard InChI is InChI=1S/C16H15N5O2/c1-21(2)13-6-3-11(4-7-13)10-17-18-16(22)12-5-8-14-15(9-12)20-23-19-14/h3-10H,1-2H3,(H,18,22)/b17-10+. The van der Waals surface area contributed by atoms with Crippen LogP contribution >= 0.6 is 0 Å². The summed E-state index contributed by atoms with van der Waals surface area (Å²) >= 11 is 0. The minimum absolute atomic E-state index is 0.323. The summed E-state index contributed by atoms with van der Waals surface area (Å²) < 4.78 is 4.60. The lowest BCUT2D eigenvalue weighted by molar-refractivity contribution is 0.0955. The summed E-state index contributed by atoms with van der Waals surface area (Å²) in [6.07, 6.45) is 1.59. The smallest absolute Gasteiger partial charge is 0.271 e. The average molecular weight is 309 g/mol. The first kappa shape index (κ1) is 14.7. The van der Waals surface area contributed by atoms with Gasteiger partial charge in [-0.15, -0.1) is 0 Å². The zero-order chi connectivity index (χ0) is 16.2. The van der Waals surface area contributed by atoms with Crippen LogP contribution in [0.5, 0.6) is 0 Å². The number of rotatable bonds is 4. The molecule has 0 saturated carbocycles. The van der Waals surface area contributed by atoms with Gasteiger partial charge in [0.1, 0.15) is 11.0 Å². The Morgan fingerprint density at radius 3 is 2.61 bits per heavy atom. The number of hydrazone groups is 1. The van der Waals surface area contributed by atoms with Gasteiger partial charge in [-0.25, -0.2) is 10.1 Å². The number of benzene rings is 2. The Morgan fingerprint density at radius 2 is 1.87 bits per heavy atom. The summed E-state index contributed by atoms with van der Waals surface area (Å²) in [5.74, 6) is -0.323.